The smallest absolute Gasteiger partial charge is 0.0710 e. The van der Waals surface area contributed by atoms with Gasteiger partial charge in [-0.3, -0.25) is 4.90 Å². The van der Waals surface area contributed by atoms with E-state index in [1.165, 1.54) is 0 Å². The Labute approximate surface area is 91.7 Å². The second-order valence-electron chi connectivity index (χ2n) is 4.89. The molecule has 2 saturated heterocycles. The Morgan fingerprint density at radius 1 is 1.60 bits per heavy atom. The number of methoxy groups -OCH3 is 1. The fraction of sp³-hybridized carbons (Fsp3) is 1.00. The SMILES string of the molecule is COC1CCN(CC2(CN)CCOC2)C1. The average molecular weight is 214 g/mol. The van der Waals surface area contributed by atoms with Gasteiger partial charge in [0.2, 0.25) is 0 Å². The van der Waals surface area contributed by atoms with E-state index in [0.717, 1.165) is 52.2 Å². The lowest BCUT2D eigenvalue weighted by Gasteiger charge is -2.30. The quantitative estimate of drug-likeness (QED) is 0.719. The van der Waals surface area contributed by atoms with Gasteiger partial charge in [-0.2, -0.15) is 0 Å². The molecule has 2 unspecified atom stereocenters. The zero-order valence-corrected chi connectivity index (χ0v) is 9.58. The maximum absolute atomic E-state index is 5.88. The second kappa shape index (κ2) is 4.78. The lowest BCUT2D eigenvalue weighted by Crippen LogP contribution is -2.42. The third-order valence-corrected chi connectivity index (χ3v) is 3.74. The van der Waals surface area contributed by atoms with Crippen molar-refractivity contribution in [1.82, 2.24) is 4.90 Å². The summed E-state index contributed by atoms with van der Waals surface area (Å²) in [5.41, 5.74) is 6.09. The molecule has 2 aliphatic heterocycles. The average Bonchev–Trinajstić information content (AvgIpc) is 2.88. The molecule has 2 fully saturated rings. The van der Waals surface area contributed by atoms with Gasteiger partial charge in [0, 0.05) is 45.3 Å². The van der Waals surface area contributed by atoms with Gasteiger partial charge in [0.1, 0.15) is 0 Å². The predicted octanol–water partition coefficient (Wildman–Crippen LogP) is 0.0725. The molecule has 15 heavy (non-hydrogen) atoms. The molecular weight excluding hydrogens is 192 g/mol. The van der Waals surface area contributed by atoms with Crippen molar-refractivity contribution >= 4 is 0 Å². The predicted molar refractivity (Wildman–Crippen MR) is 58.8 cm³/mol. The minimum atomic E-state index is 0.211. The van der Waals surface area contributed by atoms with Crippen LogP contribution in [0.25, 0.3) is 0 Å². The summed E-state index contributed by atoms with van der Waals surface area (Å²) in [6, 6.07) is 0. The Balaban J connectivity index is 1.85. The van der Waals surface area contributed by atoms with Crippen molar-refractivity contribution in [3.8, 4) is 0 Å². The van der Waals surface area contributed by atoms with Crippen LogP contribution in [0.4, 0.5) is 0 Å². The molecule has 2 heterocycles. The molecule has 0 amide bonds. The first kappa shape index (κ1) is 11.3. The van der Waals surface area contributed by atoms with Gasteiger partial charge in [-0.1, -0.05) is 0 Å². The zero-order chi connectivity index (χ0) is 10.7. The number of hydrogen-bond donors (Lipinski definition) is 1. The molecule has 0 radical (unpaired) electrons. The summed E-state index contributed by atoms with van der Waals surface area (Å²) in [5, 5.41) is 0. The number of likely N-dealkylation sites (tertiary alicyclic amines) is 1. The number of hydrogen-bond acceptors (Lipinski definition) is 4. The maximum atomic E-state index is 5.88. The van der Waals surface area contributed by atoms with Gasteiger partial charge in [-0.05, 0) is 12.8 Å². The first-order chi connectivity index (χ1) is 7.28. The Morgan fingerprint density at radius 2 is 2.47 bits per heavy atom. The van der Waals surface area contributed by atoms with E-state index in [2.05, 4.69) is 4.90 Å². The molecule has 0 saturated carbocycles. The van der Waals surface area contributed by atoms with Crippen molar-refractivity contribution in [1.29, 1.82) is 0 Å². The summed E-state index contributed by atoms with van der Waals surface area (Å²) in [6.07, 6.45) is 2.68. The molecule has 88 valence electrons. The lowest BCUT2D eigenvalue weighted by molar-refractivity contribution is 0.0912. The third kappa shape index (κ3) is 2.50. The van der Waals surface area contributed by atoms with Crippen LogP contribution in [0.15, 0.2) is 0 Å². The molecule has 0 aliphatic carbocycles. The van der Waals surface area contributed by atoms with E-state index < -0.39 is 0 Å². The summed E-state index contributed by atoms with van der Waals surface area (Å²) in [4.78, 5) is 2.47. The summed E-state index contributed by atoms with van der Waals surface area (Å²) in [5.74, 6) is 0. The molecule has 0 aromatic carbocycles. The van der Waals surface area contributed by atoms with Crippen molar-refractivity contribution < 1.29 is 9.47 Å². The van der Waals surface area contributed by atoms with Gasteiger partial charge in [-0.15, -0.1) is 0 Å². The highest BCUT2D eigenvalue weighted by Crippen LogP contribution is 2.29. The van der Waals surface area contributed by atoms with Gasteiger partial charge < -0.3 is 15.2 Å². The number of nitrogens with zero attached hydrogens (tertiary/aromatic N) is 1. The Bertz CT molecular complexity index is 205. The molecule has 0 spiro atoms. The standard InChI is InChI=1S/C11H22N2O2/c1-14-10-2-4-13(6-10)8-11(7-12)3-5-15-9-11/h10H,2-9,12H2,1H3. The van der Waals surface area contributed by atoms with Crippen molar-refractivity contribution in [2.24, 2.45) is 11.1 Å². The summed E-state index contributed by atoms with van der Waals surface area (Å²) >= 11 is 0. The largest absolute Gasteiger partial charge is 0.381 e. The molecule has 4 nitrogen and oxygen atoms in total. The highest BCUT2D eigenvalue weighted by Gasteiger charge is 2.37. The van der Waals surface area contributed by atoms with Crippen LogP contribution < -0.4 is 5.73 Å². The van der Waals surface area contributed by atoms with Gasteiger partial charge in [0.25, 0.3) is 0 Å². The van der Waals surface area contributed by atoms with Gasteiger partial charge in [0.15, 0.2) is 0 Å². The topological polar surface area (TPSA) is 47.7 Å². The van der Waals surface area contributed by atoms with Gasteiger partial charge in [-0.25, -0.2) is 0 Å². The van der Waals surface area contributed by atoms with Gasteiger partial charge in [0.05, 0.1) is 12.7 Å². The van der Waals surface area contributed by atoms with Crippen LogP contribution in [0, 0.1) is 5.41 Å². The lowest BCUT2D eigenvalue weighted by atomic mass is 9.87. The fourth-order valence-electron chi connectivity index (χ4n) is 2.61. The molecule has 0 aromatic rings. The van der Waals surface area contributed by atoms with Crippen molar-refractivity contribution in [3.63, 3.8) is 0 Å². The molecule has 2 atom stereocenters. The first-order valence-corrected chi connectivity index (χ1v) is 5.81. The Kier molecular flexibility index (Phi) is 3.61. The highest BCUT2D eigenvalue weighted by molar-refractivity contribution is 4.89. The number of rotatable bonds is 4. The van der Waals surface area contributed by atoms with E-state index in [0.29, 0.717) is 6.10 Å². The molecule has 2 N–H and O–H groups in total. The van der Waals surface area contributed by atoms with E-state index >= 15 is 0 Å². The molecule has 0 aromatic heterocycles. The molecular formula is C11H22N2O2. The number of ether oxygens (including phenoxy) is 2. The van der Waals surface area contributed by atoms with Crippen molar-refractivity contribution in [3.05, 3.63) is 0 Å². The minimum absolute atomic E-state index is 0.211. The Hall–Kier alpha value is -0.160. The van der Waals surface area contributed by atoms with Crippen LogP contribution in [0.2, 0.25) is 0 Å². The monoisotopic (exact) mass is 214 g/mol. The van der Waals surface area contributed by atoms with Gasteiger partial charge >= 0.3 is 0 Å². The van der Waals surface area contributed by atoms with E-state index in [-0.39, 0.29) is 5.41 Å². The zero-order valence-electron chi connectivity index (χ0n) is 9.58. The first-order valence-electron chi connectivity index (χ1n) is 5.81. The molecule has 2 aliphatic rings. The Morgan fingerprint density at radius 3 is 3.00 bits per heavy atom. The minimum Gasteiger partial charge on any atom is -0.381 e. The highest BCUT2D eigenvalue weighted by atomic mass is 16.5. The van der Waals surface area contributed by atoms with Crippen LogP contribution in [0.3, 0.4) is 0 Å². The van der Waals surface area contributed by atoms with E-state index in [4.69, 9.17) is 15.2 Å². The van der Waals surface area contributed by atoms with E-state index in [1.54, 1.807) is 7.11 Å². The summed E-state index contributed by atoms with van der Waals surface area (Å²) < 4.78 is 10.8. The van der Waals surface area contributed by atoms with Crippen LogP contribution in [0.5, 0.6) is 0 Å². The molecule has 0 bridgehead atoms. The van der Waals surface area contributed by atoms with Crippen molar-refractivity contribution in [2.75, 3.05) is 46.5 Å². The normalized spacial score (nSPS) is 37.6. The van der Waals surface area contributed by atoms with Crippen molar-refractivity contribution in [2.45, 2.75) is 18.9 Å². The maximum Gasteiger partial charge on any atom is 0.0710 e. The van der Waals surface area contributed by atoms with Crippen LogP contribution in [0.1, 0.15) is 12.8 Å². The van der Waals surface area contributed by atoms with Crippen LogP contribution in [-0.2, 0) is 9.47 Å². The van der Waals surface area contributed by atoms with Crippen LogP contribution >= 0.6 is 0 Å². The summed E-state index contributed by atoms with van der Waals surface area (Å²) in [6.45, 7) is 5.71. The summed E-state index contributed by atoms with van der Waals surface area (Å²) in [7, 11) is 1.80. The second-order valence-corrected chi connectivity index (χ2v) is 4.89. The molecule has 4 heteroatoms. The fourth-order valence-corrected chi connectivity index (χ4v) is 2.61. The van der Waals surface area contributed by atoms with E-state index in [1.807, 2.05) is 0 Å². The van der Waals surface area contributed by atoms with Crippen LogP contribution in [-0.4, -0.2) is 57.5 Å². The number of nitrogens with two attached hydrogens (primary N) is 1. The van der Waals surface area contributed by atoms with E-state index in [9.17, 15) is 0 Å². The molecule has 2 rings (SSSR count). The third-order valence-electron chi connectivity index (χ3n) is 3.74.